The largest absolute Gasteiger partial charge is 1.00 e. The summed E-state index contributed by atoms with van der Waals surface area (Å²) in [4.78, 5) is 0. The molecule has 18 heavy (non-hydrogen) atoms. The summed E-state index contributed by atoms with van der Waals surface area (Å²) in [6.07, 6.45) is 8.00. The number of hydrogen-bond acceptors (Lipinski definition) is 3. The van der Waals surface area contributed by atoms with Gasteiger partial charge >= 0.3 is 0 Å². The molecule has 0 aromatic carbocycles. The van der Waals surface area contributed by atoms with Crippen molar-refractivity contribution in [3.63, 3.8) is 0 Å². The van der Waals surface area contributed by atoms with Crippen molar-refractivity contribution < 1.29 is 39.3 Å². The number of rotatable bonds is 1. The third-order valence-corrected chi connectivity index (χ3v) is 1.67. The molecule has 2 aromatic heterocycles. The highest BCUT2D eigenvalue weighted by atomic mass is 35.5. The van der Waals surface area contributed by atoms with Crippen molar-refractivity contribution in [2.75, 3.05) is 0 Å². The molecule has 0 atom stereocenters. The summed E-state index contributed by atoms with van der Waals surface area (Å²) in [5.41, 5.74) is 0. The highest BCUT2D eigenvalue weighted by molar-refractivity contribution is 7.79. The molecule has 0 aliphatic rings. The maximum absolute atomic E-state index is 8.63. The van der Waals surface area contributed by atoms with Crippen LogP contribution in [-0.2, 0) is 10.4 Å². The lowest BCUT2D eigenvalue weighted by Gasteiger charge is -1.88. The van der Waals surface area contributed by atoms with Crippen molar-refractivity contribution in [2.24, 2.45) is 0 Å². The second-order valence-electron chi connectivity index (χ2n) is 2.94. The molecular weight excluding hydrogens is 280 g/mol. The van der Waals surface area contributed by atoms with Crippen molar-refractivity contribution in [3.8, 4) is 0 Å². The van der Waals surface area contributed by atoms with Gasteiger partial charge in [-0.3, -0.25) is 4.55 Å². The summed E-state index contributed by atoms with van der Waals surface area (Å²) in [6, 6.07) is 12.0. The lowest BCUT2D eigenvalue weighted by Crippen LogP contribution is -3.00. The Morgan fingerprint density at radius 3 is 1.22 bits per heavy atom. The first-order chi connectivity index (χ1) is 7.97. The first-order valence-electron chi connectivity index (χ1n) is 4.58. The van der Waals surface area contributed by atoms with Crippen molar-refractivity contribution in [1.82, 2.24) is 0 Å². The molecule has 0 saturated heterocycles. The summed E-state index contributed by atoms with van der Waals surface area (Å²) in [6.45, 7) is 0. The van der Waals surface area contributed by atoms with E-state index in [4.69, 9.17) is 17.5 Å². The fourth-order valence-electron chi connectivity index (χ4n) is 1.09. The van der Waals surface area contributed by atoms with E-state index in [2.05, 4.69) is 0 Å². The van der Waals surface area contributed by atoms with Gasteiger partial charge in [0.25, 0.3) is 0 Å². The van der Waals surface area contributed by atoms with Gasteiger partial charge in [0.2, 0.25) is 35.2 Å². The number of nitrogens with zero attached hydrogens (tertiary/aromatic N) is 2. The first kappa shape index (κ1) is 16.5. The molecule has 2 heterocycles. The first-order valence-corrected chi connectivity index (χ1v) is 5.95. The third kappa shape index (κ3) is 7.69. The van der Waals surface area contributed by atoms with Crippen LogP contribution in [0.2, 0.25) is 0 Å². The Kier molecular flexibility index (Phi) is 7.06. The molecule has 6 nitrogen and oxygen atoms in total. The molecule has 0 fully saturated rings. The quantitative estimate of drug-likeness (QED) is 0.337. The molecule has 0 radical (unpaired) electrons. The van der Waals surface area contributed by atoms with Crippen LogP contribution in [0.4, 0.5) is 0 Å². The Balaban J connectivity index is 0.000000421. The minimum Gasteiger partial charge on any atom is -1.00 e. The zero-order valence-electron chi connectivity index (χ0n) is 9.13. The Morgan fingerprint density at radius 2 is 1.00 bits per heavy atom. The predicted molar refractivity (Wildman–Crippen MR) is 56.4 cm³/mol. The third-order valence-electron chi connectivity index (χ3n) is 1.67. The fourth-order valence-corrected chi connectivity index (χ4v) is 1.09. The van der Waals surface area contributed by atoms with E-state index in [0.717, 1.165) is 0 Å². The minimum absolute atomic E-state index is 0. The molecule has 2 aromatic rings. The van der Waals surface area contributed by atoms with Crippen LogP contribution in [0.1, 0.15) is 0 Å². The van der Waals surface area contributed by atoms with E-state index in [1.54, 1.807) is 0 Å². The van der Waals surface area contributed by atoms with Gasteiger partial charge in [-0.05, 0) is 12.1 Å². The summed E-state index contributed by atoms with van der Waals surface area (Å²) >= 11 is 0. The zero-order chi connectivity index (χ0) is 12.7. The van der Waals surface area contributed by atoms with E-state index >= 15 is 0 Å². The Hall–Kier alpha value is -1.54. The SMILES string of the molecule is O=S(=O)([O-])O.[Cl-].c1cc[n+](-[n+]2ccccc2)cc1. The Morgan fingerprint density at radius 1 is 0.778 bits per heavy atom. The smallest absolute Gasteiger partial charge is 0.242 e. The van der Waals surface area contributed by atoms with Crippen LogP contribution in [0.25, 0.3) is 0 Å². The van der Waals surface area contributed by atoms with Crippen LogP contribution in [0.3, 0.4) is 0 Å². The molecular formula is C10H11ClN2O4S. The summed E-state index contributed by atoms with van der Waals surface area (Å²) in [5, 5.41) is 0. The average molecular weight is 291 g/mol. The van der Waals surface area contributed by atoms with Gasteiger partial charge in [-0.25, -0.2) is 8.42 Å². The van der Waals surface area contributed by atoms with Gasteiger partial charge in [-0.2, -0.15) is 0 Å². The average Bonchev–Trinajstić information content (AvgIpc) is 2.29. The van der Waals surface area contributed by atoms with Crippen LogP contribution in [0.15, 0.2) is 61.2 Å². The molecule has 0 unspecified atom stereocenters. The van der Waals surface area contributed by atoms with E-state index in [0.29, 0.717) is 0 Å². The topological polar surface area (TPSA) is 85.2 Å². The maximum atomic E-state index is 8.63. The molecule has 8 heteroatoms. The Bertz CT molecular complexity index is 503. The van der Waals surface area contributed by atoms with Crippen molar-refractivity contribution in [2.45, 2.75) is 0 Å². The van der Waals surface area contributed by atoms with Crippen LogP contribution in [0.5, 0.6) is 0 Å². The van der Waals surface area contributed by atoms with E-state index in [1.807, 2.05) is 70.5 Å². The summed E-state index contributed by atoms with van der Waals surface area (Å²) < 4.78 is 36.8. The number of halogens is 1. The molecule has 0 bridgehead atoms. The molecule has 0 aliphatic carbocycles. The zero-order valence-corrected chi connectivity index (χ0v) is 10.7. The highest BCUT2D eigenvalue weighted by Crippen LogP contribution is 1.76. The van der Waals surface area contributed by atoms with Gasteiger partial charge in [-0.15, -0.1) is 0 Å². The second kappa shape index (κ2) is 7.72. The van der Waals surface area contributed by atoms with Gasteiger partial charge < -0.3 is 17.0 Å². The van der Waals surface area contributed by atoms with Gasteiger partial charge in [0.05, 0.1) is 9.35 Å². The highest BCUT2D eigenvalue weighted by Gasteiger charge is 2.06. The van der Waals surface area contributed by atoms with E-state index in [-0.39, 0.29) is 12.4 Å². The van der Waals surface area contributed by atoms with Crippen molar-refractivity contribution in [3.05, 3.63) is 61.2 Å². The standard InChI is InChI=1S/C10H10N2.ClH.H2O4S/c1-3-7-11(8-4-1)12-9-5-2-6-10-12;;1-5(2,3)4/h1-10H;1H;(H2,1,2,3,4)/q+2;;/p-2. The second-order valence-corrected chi connectivity index (χ2v) is 3.79. The van der Waals surface area contributed by atoms with E-state index in [9.17, 15) is 0 Å². The van der Waals surface area contributed by atoms with Crippen LogP contribution < -0.4 is 21.8 Å². The monoisotopic (exact) mass is 290 g/mol. The number of pyridine rings is 2. The van der Waals surface area contributed by atoms with E-state index in [1.165, 1.54) is 0 Å². The molecule has 0 saturated carbocycles. The normalized spacial score (nSPS) is 9.67. The maximum Gasteiger partial charge on any atom is 0.242 e. The Labute approximate surface area is 111 Å². The predicted octanol–water partition coefficient (Wildman–Crippen LogP) is -3.42. The van der Waals surface area contributed by atoms with Gasteiger partial charge in [0.15, 0.2) is 0 Å². The molecule has 98 valence electrons. The molecule has 0 spiro atoms. The minimum atomic E-state index is -4.92. The lowest BCUT2D eigenvalue weighted by molar-refractivity contribution is -1.30. The fraction of sp³-hybridized carbons (Fsp3) is 0. The molecule has 0 amide bonds. The number of hydrogen-bond donors (Lipinski definition) is 1. The van der Waals surface area contributed by atoms with Gasteiger partial charge in [0, 0.05) is 24.3 Å². The van der Waals surface area contributed by atoms with Gasteiger partial charge in [0.1, 0.15) is 0 Å². The van der Waals surface area contributed by atoms with Gasteiger partial charge in [-0.1, -0.05) is 0 Å². The van der Waals surface area contributed by atoms with Crippen LogP contribution >= 0.6 is 0 Å². The summed E-state index contributed by atoms with van der Waals surface area (Å²) in [5.74, 6) is 0. The number of aromatic nitrogens is 2. The molecule has 2 rings (SSSR count). The molecule has 0 aliphatic heterocycles. The summed E-state index contributed by atoms with van der Waals surface area (Å²) in [7, 11) is -4.92. The van der Waals surface area contributed by atoms with Crippen LogP contribution in [-0.4, -0.2) is 17.5 Å². The molecule has 1 N–H and O–H groups in total. The van der Waals surface area contributed by atoms with Crippen LogP contribution in [0, 0.1) is 0 Å². The van der Waals surface area contributed by atoms with Crippen molar-refractivity contribution in [1.29, 1.82) is 0 Å². The van der Waals surface area contributed by atoms with Crippen molar-refractivity contribution >= 4 is 10.4 Å². The lowest BCUT2D eigenvalue weighted by atomic mass is 10.5. The van der Waals surface area contributed by atoms with E-state index < -0.39 is 10.4 Å².